The van der Waals surface area contributed by atoms with Gasteiger partial charge in [0, 0.05) is 17.3 Å². The number of hydrogen-bond acceptors (Lipinski definition) is 5. The van der Waals surface area contributed by atoms with Gasteiger partial charge in [0.25, 0.3) is 5.91 Å². The summed E-state index contributed by atoms with van der Waals surface area (Å²) in [5, 5.41) is 6.30. The highest BCUT2D eigenvalue weighted by atomic mass is 16.5. The highest BCUT2D eigenvalue weighted by molar-refractivity contribution is 6.03. The number of aromatic nitrogens is 1. The molecule has 4 N–H and O–H groups in total. The maximum atomic E-state index is 11.8. The summed E-state index contributed by atoms with van der Waals surface area (Å²) >= 11 is 0. The summed E-state index contributed by atoms with van der Waals surface area (Å²) in [4.78, 5) is 11.8. The van der Waals surface area contributed by atoms with E-state index >= 15 is 0 Å². The molecule has 2 rings (SSSR count). The Morgan fingerprint density at radius 1 is 1.35 bits per heavy atom. The van der Waals surface area contributed by atoms with Gasteiger partial charge < -0.3 is 15.3 Å². The van der Waals surface area contributed by atoms with Crippen molar-refractivity contribution >= 4 is 17.4 Å². The number of carbonyl (C=O) groups is 1. The van der Waals surface area contributed by atoms with Crippen LogP contribution in [0.15, 0.2) is 34.9 Å². The lowest BCUT2D eigenvalue weighted by Gasteiger charge is -2.03. The minimum Gasteiger partial charge on any atom is -0.360 e. The molecule has 17 heavy (non-hydrogen) atoms. The van der Waals surface area contributed by atoms with Crippen LogP contribution in [0.5, 0.6) is 0 Å². The highest BCUT2D eigenvalue weighted by Gasteiger charge is 2.08. The summed E-state index contributed by atoms with van der Waals surface area (Å²) in [6.45, 7) is 1.75. The molecule has 6 heteroatoms. The van der Waals surface area contributed by atoms with Gasteiger partial charge in [0.2, 0.25) is 0 Å². The normalized spacial score (nSPS) is 10.0. The highest BCUT2D eigenvalue weighted by Crippen LogP contribution is 2.11. The minimum absolute atomic E-state index is 0.248. The van der Waals surface area contributed by atoms with Crippen LogP contribution in [0.2, 0.25) is 0 Å². The number of nitrogens with one attached hydrogen (secondary N) is 2. The van der Waals surface area contributed by atoms with Crippen molar-refractivity contribution in [2.45, 2.75) is 6.92 Å². The number of hydrogen-bond donors (Lipinski definition) is 3. The lowest BCUT2D eigenvalue weighted by Crippen LogP contribution is -2.12. The van der Waals surface area contributed by atoms with Crippen molar-refractivity contribution in [3.8, 4) is 0 Å². The summed E-state index contributed by atoms with van der Waals surface area (Å²) in [6.07, 6.45) is 0. The zero-order valence-corrected chi connectivity index (χ0v) is 9.23. The number of rotatable bonds is 3. The number of nitrogens with zero attached hydrogens (tertiary/aromatic N) is 1. The number of nitrogen functional groups attached to an aromatic ring is 1. The molecule has 0 aliphatic rings. The number of anilines is 2. The van der Waals surface area contributed by atoms with Gasteiger partial charge in [0.05, 0.1) is 0 Å². The number of benzene rings is 1. The molecule has 1 aromatic carbocycles. The van der Waals surface area contributed by atoms with E-state index in [0.717, 1.165) is 5.69 Å². The van der Waals surface area contributed by atoms with E-state index < -0.39 is 0 Å². The number of aryl methyl sites for hydroxylation is 1. The average molecular weight is 232 g/mol. The van der Waals surface area contributed by atoms with Gasteiger partial charge in [-0.15, -0.1) is 0 Å². The molecule has 2 aromatic rings. The van der Waals surface area contributed by atoms with Gasteiger partial charge in [-0.2, -0.15) is 0 Å². The van der Waals surface area contributed by atoms with Crippen molar-refractivity contribution in [3.05, 3.63) is 41.7 Å². The van der Waals surface area contributed by atoms with Crippen LogP contribution in [-0.2, 0) is 0 Å². The fraction of sp³-hybridized carbons (Fsp3) is 0.0909. The predicted molar refractivity (Wildman–Crippen MR) is 63.4 cm³/mol. The largest absolute Gasteiger partial charge is 0.360 e. The molecule has 0 spiro atoms. The molecule has 88 valence electrons. The van der Waals surface area contributed by atoms with Crippen LogP contribution < -0.4 is 16.6 Å². The van der Waals surface area contributed by atoms with Gasteiger partial charge in [-0.05, 0) is 31.2 Å². The van der Waals surface area contributed by atoms with Gasteiger partial charge in [-0.1, -0.05) is 5.16 Å². The van der Waals surface area contributed by atoms with E-state index in [1.165, 1.54) is 0 Å². The summed E-state index contributed by atoms with van der Waals surface area (Å²) in [6, 6.07) is 8.40. The Bertz CT molecular complexity index is 519. The molecule has 0 radical (unpaired) electrons. The third-order valence-corrected chi connectivity index (χ3v) is 2.18. The summed E-state index contributed by atoms with van der Waals surface area (Å²) < 4.78 is 4.85. The molecule has 6 nitrogen and oxygen atoms in total. The van der Waals surface area contributed by atoms with Crippen LogP contribution in [0.1, 0.15) is 16.1 Å². The molecule has 1 amide bonds. The van der Waals surface area contributed by atoms with Crippen molar-refractivity contribution in [2.24, 2.45) is 5.84 Å². The number of carbonyl (C=O) groups excluding carboxylic acids is 1. The van der Waals surface area contributed by atoms with Crippen molar-refractivity contribution in [1.29, 1.82) is 0 Å². The predicted octanol–water partition coefficient (Wildman–Crippen LogP) is 1.52. The number of hydrazine groups is 1. The fourth-order valence-electron chi connectivity index (χ4n) is 1.33. The van der Waals surface area contributed by atoms with E-state index in [4.69, 9.17) is 10.4 Å². The Morgan fingerprint density at radius 3 is 2.59 bits per heavy atom. The van der Waals surface area contributed by atoms with Crippen molar-refractivity contribution in [3.63, 3.8) is 0 Å². The first-order valence-electron chi connectivity index (χ1n) is 5.00. The monoisotopic (exact) mass is 232 g/mol. The Kier molecular flexibility index (Phi) is 3.06. The van der Waals surface area contributed by atoms with E-state index in [2.05, 4.69) is 15.9 Å². The van der Waals surface area contributed by atoms with Crippen LogP contribution >= 0.6 is 0 Å². The Morgan fingerprint density at radius 2 is 2.06 bits per heavy atom. The Balaban J connectivity index is 2.09. The maximum absolute atomic E-state index is 11.8. The molecule has 0 bridgehead atoms. The second kappa shape index (κ2) is 4.67. The zero-order chi connectivity index (χ0) is 12.3. The summed E-state index contributed by atoms with van der Waals surface area (Å²) in [5.41, 5.74) is 3.74. The topological polar surface area (TPSA) is 93.2 Å². The van der Waals surface area contributed by atoms with Gasteiger partial charge >= 0.3 is 0 Å². The van der Waals surface area contributed by atoms with Crippen molar-refractivity contribution in [2.75, 3.05) is 10.7 Å². The molecule has 0 saturated carbocycles. The molecule has 0 aliphatic heterocycles. The lowest BCUT2D eigenvalue weighted by atomic mass is 10.2. The average Bonchev–Trinajstić information content (AvgIpc) is 2.75. The molecule has 0 saturated heterocycles. The first-order chi connectivity index (χ1) is 8.19. The SMILES string of the molecule is Cc1cc(NC(=O)c2ccc(NN)cc2)no1. The van der Waals surface area contributed by atoms with Crippen LogP contribution in [0, 0.1) is 6.92 Å². The van der Waals surface area contributed by atoms with Crippen molar-refractivity contribution in [1.82, 2.24) is 5.16 Å². The number of amides is 1. The van der Waals surface area contributed by atoms with E-state index in [9.17, 15) is 4.79 Å². The smallest absolute Gasteiger partial charge is 0.256 e. The second-order valence-electron chi connectivity index (χ2n) is 3.50. The molecule has 0 fully saturated rings. The van der Waals surface area contributed by atoms with E-state index in [-0.39, 0.29) is 5.91 Å². The second-order valence-corrected chi connectivity index (χ2v) is 3.50. The van der Waals surface area contributed by atoms with Crippen molar-refractivity contribution < 1.29 is 9.32 Å². The summed E-state index contributed by atoms with van der Waals surface area (Å²) in [5.74, 6) is 6.02. The van der Waals surface area contributed by atoms with Crippen LogP contribution in [0.3, 0.4) is 0 Å². The van der Waals surface area contributed by atoms with Crippen LogP contribution in [0.25, 0.3) is 0 Å². The molecular formula is C11H12N4O2. The summed E-state index contributed by atoms with van der Waals surface area (Å²) in [7, 11) is 0. The molecular weight excluding hydrogens is 220 g/mol. The third kappa shape index (κ3) is 2.61. The standard InChI is InChI=1S/C11H12N4O2/c1-7-6-10(15-17-7)13-11(16)8-2-4-9(14-12)5-3-8/h2-6,14H,12H2,1H3,(H,13,15,16). The lowest BCUT2D eigenvalue weighted by molar-refractivity contribution is 0.102. The van der Waals surface area contributed by atoms with E-state index in [1.54, 1.807) is 37.3 Å². The van der Waals surface area contributed by atoms with Gasteiger partial charge in [-0.3, -0.25) is 10.6 Å². The van der Waals surface area contributed by atoms with Gasteiger partial charge in [0.15, 0.2) is 5.82 Å². The van der Waals surface area contributed by atoms with Crippen LogP contribution in [-0.4, -0.2) is 11.1 Å². The van der Waals surface area contributed by atoms with Gasteiger partial charge in [-0.25, -0.2) is 0 Å². The minimum atomic E-state index is -0.248. The Hall–Kier alpha value is -2.34. The van der Waals surface area contributed by atoms with E-state index in [0.29, 0.717) is 17.1 Å². The van der Waals surface area contributed by atoms with Gasteiger partial charge in [0.1, 0.15) is 5.76 Å². The third-order valence-electron chi connectivity index (χ3n) is 2.18. The molecule has 0 unspecified atom stereocenters. The quantitative estimate of drug-likeness (QED) is 0.551. The first kappa shape index (κ1) is 11.2. The molecule has 0 atom stereocenters. The number of nitrogens with two attached hydrogens (primary N) is 1. The first-order valence-corrected chi connectivity index (χ1v) is 5.00. The maximum Gasteiger partial charge on any atom is 0.256 e. The van der Waals surface area contributed by atoms with Crippen LogP contribution in [0.4, 0.5) is 11.5 Å². The molecule has 1 aromatic heterocycles. The molecule has 0 aliphatic carbocycles. The zero-order valence-electron chi connectivity index (χ0n) is 9.23. The molecule has 1 heterocycles. The van der Waals surface area contributed by atoms with E-state index in [1.807, 2.05) is 0 Å². The Labute approximate surface area is 97.8 Å². The fourth-order valence-corrected chi connectivity index (χ4v) is 1.33.